The summed E-state index contributed by atoms with van der Waals surface area (Å²) in [6.45, 7) is 2.52. The van der Waals surface area contributed by atoms with Gasteiger partial charge in [-0.3, -0.25) is 9.59 Å². The summed E-state index contributed by atoms with van der Waals surface area (Å²) in [4.78, 5) is 25.3. The minimum absolute atomic E-state index is 0.111. The minimum Gasteiger partial charge on any atom is -0.350 e. The van der Waals surface area contributed by atoms with Crippen molar-refractivity contribution in [1.29, 1.82) is 0 Å². The fourth-order valence-electron chi connectivity index (χ4n) is 2.17. The Bertz CT molecular complexity index is 702. The highest BCUT2D eigenvalue weighted by molar-refractivity contribution is 6.30. The number of hydrogen-bond donors (Lipinski definition) is 1. The van der Waals surface area contributed by atoms with E-state index in [0.29, 0.717) is 30.2 Å². The summed E-state index contributed by atoms with van der Waals surface area (Å²) < 4.78 is 12.9. The van der Waals surface area contributed by atoms with Crippen LogP contribution >= 0.6 is 11.6 Å². The van der Waals surface area contributed by atoms with Crippen molar-refractivity contribution in [2.45, 2.75) is 13.5 Å². The predicted molar refractivity (Wildman–Crippen MR) is 91.3 cm³/mol. The average molecular weight is 349 g/mol. The SMILES string of the molecule is CC(=O)N(CCNC(=O)c1ccc(Cl)cc1)Cc1ccc(F)cc1. The van der Waals surface area contributed by atoms with Gasteiger partial charge in [-0.05, 0) is 42.0 Å². The Hall–Kier alpha value is -2.40. The van der Waals surface area contributed by atoms with Crippen molar-refractivity contribution in [3.63, 3.8) is 0 Å². The molecule has 0 aliphatic rings. The monoisotopic (exact) mass is 348 g/mol. The maximum atomic E-state index is 12.9. The van der Waals surface area contributed by atoms with E-state index < -0.39 is 0 Å². The van der Waals surface area contributed by atoms with Crippen LogP contribution in [-0.4, -0.2) is 29.8 Å². The van der Waals surface area contributed by atoms with Crippen LogP contribution in [0.2, 0.25) is 5.02 Å². The van der Waals surface area contributed by atoms with E-state index in [1.54, 1.807) is 41.3 Å². The van der Waals surface area contributed by atoms with Crippen LogP contribution in [0, 0.1) is 5.82 Å². The molecule has 2 aromatic carbocycles. The fraction of sp³-hybridized carbons (Fsp3) is 0.222. The number of benzene rings is 2. The first-order valence-electron chi connectivity index (χ1n) is 7.49. The molecule has 0 saturated carbocycles. The average Bonchev–Trinajstić information content (AvgIpc) is 2.56. The molecule has 0 saturated heterocycles. The summed E-state index contributed by atoms with van der Waals surface area (Å²) in [6.07, 6.45) is 0. The summed E-state index contributed by atoms with van der Waals surface area (Å²) in [5.41, 5.74) is 1.34. The second-order valence-electron chi connectivity index (χ2n) is 5.33. The molecule has 24 heavy (non-hydrogen) atoms. The molecule has 1 N–H and O–H groups in total. The van der Waals surface area contributed by atoms with Crippen molar-refractivity contribution in [3.05, 3.63) is 70.5 Å². The van der Waals surface area contributed by atoms with Crippen molar-refractivity contribution < 1.29 is 14.0 Å². The quantitative estimate of drug-likeness (QED) is 0.871. The number of amides is 2. The highest BCUT2D eigenvalue weighted by Crippen LogP contribution is 2.09. The first-order chi connectivity index (χ1) is 11.5. The summed E-state index contributed by atoms with van der Waals surface area (Å²) in [5, 5.41) is 3.33. The maximum absolute atomic E-state index is 12.9. The molecular weight excluding hydrogens is 331 g/mol. The number of carbonyl (C=O) groups is 2. The van der Waals surface area contributed by atoms with E-state index in [9.17, 15) is 14.0 Å². The fourth-order valence-corrected chi connectivity index (χ4v) is 2.29. The Balaban J connectivity index is 1.87. The number of nitrogens with one attached hydrogen (secondary N) is 1. The molecule has 2 aromatic rings. The Kier molecular flexibility index (Phi) is 6.32. The van der Waals surface area contributed by atoms with Crippen LogP contribution in [0.1, 0.15) is 22.8 Å². The normalized spacial score (nSPS) is 10.3. The van der Waals surface area contributed by atoms with Crippen molar-refractivity contribution in [3.8, 4) is 0 Å². The van der Waals surface area contributed by atoms with E-state index in [1.807, 2.05) is 0 Å². The van der Waals surface area contributed by atoms with Gasteiger partial charge < -0.3 is 10.2 Å². The first kappa shape index (κ1) is 17.9. The molecule has 4 nitrogen and oxygen atoms in total. The van der Waals surface area contributed by atoms with Crippen LogP contribution in [-0.2, 0) is 11.3 Å². The topological polar surface area (TPSA) is 49.4 Å². The summed E-state index contributed by atoms with van der Waals surface area (Å²) in [7, 11) is 0. The van der Waals surface area contributed by atoms with Gasteiger partial charge in [0.1, 0.15) is 5.82 Å². The Labute approximate surface area is 145 Å². The largest absolute Gasteiger partial charge is 0.350 e. The summed E-state index contributed by atoms with van der Waals surface area (Å²) in [5.74, 6) is -0.652. The molecule has 0 fully saturated rings. The van der Waals surface area contributed by atoms with Gasteiger partial charge in [0.15, 0.2) is 0 Å². The van der Waals surface area contributed by atoms with Crippen LogP contribution in [0.3, 0.4) is 0 Å². The van der Waals surface area contributed by atoms with Crippen LogP contribution in [0.25, 0.3) is 0 Å². The third kappa shape index (κ3) is 5.35. The molecule has 0 heterocycles. The number of halogens is 2. The molecule has 0 bridgehead atoms. The molecule has 0 aliphatic carbocycles. The Morgan fingerprint density at radius 2 is 1.71 bits per heavy atom. The minimum atomic E-state index is -0.316. The van der Waals surface area contributed by atoms with Gasteiger partial charge in [0.2, 0.25) is 5.91 Å². The van der Waals surface area contributed by atoms with Crippen LogP contribution in [0.5, 0.6) is 0 Å². The third-order valence-corrected chi connectivity index (χ3v) is 3.76. The highest BCUT2D eigenvalue weighted by atomic mass is 35.5. The molecule has 0 aliphatic heterocycles. The van der Waals surface area contributed by atoms with Gasteiger partial charge in [0, 0.05) is 37.1 Å². The zero-order valence-electron chi connectivity index (χ0n) is 13.3. The van der Waals surface area contributed by atoms with Crippen LogP contribution in [0.15, 0.2) is 48.5 Å². The van der Waals surface area contributed by atoms with Gasteiger partial charge in [-0.25, -0.2) is 4.39 Å². The molecule has 2 amide bonds. The Morgan fingerprint density at radius 3 is 2.29 bits per heavy atom. The molecule has 126 valence electrons. The molecule has 0 aromatic heterocycles. The van der Waals surface area contributed by atoms with Crippen molar-refractivity contribution in [2.24, 2.45) is 0 Å². The molecule has 0 unspecified atom stereocenters. The Morgan fingerprint density at radius 1 is 1.08 bits per heavy atom. The van der Waals surface area contributed by atoms with E-state index in [4.69, 9.17) is 11.6 Å². The summed E-state index contributed by atoms with van der Waals surface area (Å²) in [6, 6.07) is 12.6. The number of nitrogens with zero attached hydrogens (tertiary/aromatic N) is 1. The van der Waals surface area contributed by atoms with E-state index in [2.05, 4.69) is 5.32 Å². The van der Waals surface area contributed by atoms with Gasteiger partial charge in [0.05, 0.1) is 0 Å². The molecular formula is C18H18ClFN2O2. The van der Waals surface area contributed by atoms with E-state index >= 15 is 0 Å². The molecule has 0 radical (unpaired) electrons. The van der Waals surface area contributed by atoms with Crippen molar-refractivity contribution in [1.82, 2.24) is 10.2 Å². The lowest BCUT2D eigenvalue weighted by Gasteiger charge is -2.21. The van der Waals surface area contributed by atoms with Gasteiger partial charge in [-0.2, -0.15) is 0 Å². The molecule has 0 atom stereocenters. The predicted octanol–water partition coefficient (Wildman–Crippen LogP) is 3.26. The maximum Gasteiger partial charge on any atom is 0.251 e. The van der Waals surface area contributed by atoms with Gasteiger partial charge >= 0.3 is 0 Å². The van der Waals surface area contributed by atoms with Gasteiger partial charge in [0.25, 0.3) is 5.91 Å². The molecule has 2 rings (SSSR count). The second-order valence-corrected chi connectivity index (χ2v) is 5.77. The van der Waals surface area contributed by atoms with Crippen molar-refractivity contribution in [2.75, 3.05) is 13.1 Å². The van der Waals surface area contributed by atoms with E-state index in [0.717, 1.165) is 5.56 Å². The zero-order chi connectivity index (χ0) is 17.5. The molecule has 0 spiro atoms. The summed E-state index contributed by atoms with van der Waals surface area (Å²) >= 11 is 5.78. The second kappa shape index (κ2) is 8.45. The van der Waals surface area contributed by atoms with Gasteiger partial charge in [-0.15, -0.1) is 0 Å². The third-order valence-electron chi connectivity index (χ3n) is 3.51. The highest BCUT2D eigenvalue weighted by Gasteiger charge is 2.11. The number of hydrogen-bond acceptors (Lipinski definition) is 2. The lowest BCUT2D eigenvalue weighted by atomic mass is 10.2. The van der Waals surface area contributed by atoms with Gasteiger partial charge in [-0.1, -0.05) is 23.7 Å². The van der Waals surface area contributed by atoms with E-state index in [1.165, 1.54) is 19.1 Å². The van der Waals surface area contributed by atoms with Crippen molar-refractivity contribution >= 4 is 23.4 Å². The van der Waals surface area contributed by atoms with Crippen LogP contribution in [0.4, 0.5) is 4.39 Å². The number of carbonyl (C=O) groups excluding carboxylic acids is 2. The van der Waals surface area contributed by atoms with Crippen LogP contribution < -0.4 is 5.32 Å². The zero-order valence-corrected chi connectivity index (χ0v) is 14.0. The van der Waals surface area contributed by atoms with E-state index in [-0.39, 0.29) is 17.6 Å². The first-order valence-corrected chi connectivity index (χ1v) is 7.87. The smallest absolute Gasteiger partial charge is 0.251 e. The lowest BCUT2D eigenvalue weighted by Crippen LogP contribution is -2.37. The number of rotatable bonds is 6. The molecule has 6 heteroatoms. The standard InChI is InChI=1S/C18H18ClFN2O2/c1-13(23)22(12-14-2-8-17(20)9-3-14)11-10-21-18(24)15-4-6-16(19)7-5-15/h2-9H,10-12H2,1H3,(H,21,24). The lowest BCUT2D eigenvalue weighted by molar-refractivity contribution is -0.129.